The van der Waals surface area contributed by atoms with Crippen LogP contribution >= 0.6 is 0 Å². The van der Waals surface area contributed by atoms with Gasteiger partial charge in [0.25, 0.3) is 0 Å². The highest BCUT2D eigenvalue weighted by molar-refractivity contribution is 6.66. The van der Waals surface area contributed by atoms with Crippen LogP contribution in [0.4, 0.5) is 0 Å². The molecule has 0 radical (unpaired) electrons. The normalized spacial score (nSPS) is 20.1. The molecule has 1 aliphatic rings. The first kappa shape index (κ1) is 13.9. The minimum atomic E-state index is -0.340. The van der Waals surface area contributed by atoms with Gasteiger partial charge in [0, 0.05) is 21.8 Å². The molecule has 0 bridgehead atoms. The van der Waals surface area contributed by atoms with E-state index >= 15 is 0 Å². The quantitative estimate of drug-likeness (QED) is 0.695. The minimum Gasteiger partial charge on any atom is -0.399 e. The molecule has 4 heteroatoms. The third-order valence-corrected chi connectivity index (χ3v) is 5.07. The molecule has 1 saturated heterocycles. The van der Waals surface area contributed by atoms with E-state index in [0.29, 0.717) is 0 Å². The average molecular weight is 293 g/mol. The van der Waals surface area contributed by atoms with Gasteiger partial charge in [0.2, 0.25) is 0 Å². The van der Waals surface area contributed by atoms with E-state index in [9.17, 15) is 0 Å². The molecule has 1 aliphatic heterocycles. The molecule has 1 aromatic heterocycles. The van der Waals surface area contributed by atoms with E-state index in [1.165, 1.54) is 10.8 Å². The maximum absolute atomic E-state index is 6.24. The molecule has 0 aliphatic carbocycles. The zero-order valence-corrected chi connectivity index (χ0v) is 13.4. The van der Waals surface area contributed by atoms with Gasteiger partial charge in [-0.15, -0.1) is 0 Å². The van der Waals surface area contributed by atoms with Crippen molar-refractivity contribution >= 4 is 34.4 Å². The van der Waals surface area contributed by atoms with E-state index in [1.54, 1.807) is 0 Å². The Morgan fingerprint density at radius 1 is 0.818 bits per heavy atom. The summed E-state index contributed by atoms with van der Waals surface area (Å²) in [5.41, 5.74) is 2.70. The van der Waals surface area contributed by atoms with Crippen LogP contribution in [0.15, 0.2) is 42.5 Å². The summed E-state index contributed by atoms with van der Waals surface area (Å²) < 4.78 is 12.5. The summed E-state index contributed by atoms with van der Waals surface area (Å²) in [6, 6.07) is 14.6. The molecule has 2 heterocycles. The van der Waals surface area contributed by atoms with Crippen LogP contribution in [0, 0.1) is 0 Å². The molecule has 22 heavy (non-hydrogen) atoms. The number of hydrogen-bond acceptors (Lipinski definition) is 2. The third kappa shape index (κ3) is 1.84. The van der Waals surface area contributed by atoms with Crippen molar-refractivity contribution in [1.82, 2.24) is 4.98 Å². The van der Waals surface area contributed by atoms with Crippen LogP contribution in [0.25, 0.3) is 21.8 Å². The summed E-state index contributed by atoms with van der Waals surface area (Å²) >= 11 is 0. The van der Waals surface area contributed by atoms with Crippen molar-refractivity contribution < 1.29 is 9.31 Å². The van der Waals surface area contributed by atoms with Gasteiger partial charge in [0.1, 0.15) is 0 Å². The fraction of sp³-hybridized carbons (Fsp3) is 0.333. The molecule has 3 aromatic rings. The number of fused-ring (bicyclic) bond motifs is 3. The number of aromatic nitrogens is 1. The predicted molar refractivity (Wildman–Crippen MR) is 91.5 cm³/mol. The monoisotopic (exact) mass is 293 g/mol. The fourth-order valence-electron chi connectivity index (χ4n) is 3.10. The first-order valence-corrected chi connectivity index (χ1v) is 7.74. The summed E-state index contributed by atoms with van der Waals surface area (Å²) in [4.78, 5) is 3.47. The summed E-state index contributed by atoms with van der Waals surface area (Å²) in [6.07, 6.45) is 0. The van der Waals surface area contributed by atoms with E-state index in [0.717, 1.165) is 16.5 Å². The molecule has 0 unspecified atom stereocenters. The zero-order valence-electron chi connectivity index (χ0n) is 13.4. The van der Waals surface area contributed by atoms with Gasteiger partial charge in [-0.25, -0.2) is 0 Å². The molecule has 1 fully saturated rings. The van der Waals surface area contributed by atoms with Gasteiger partial charge in [0.15, 0.2) is 0 Å². The zero-order chi connectivity index (χ0) is 15.5. The van der Waals surface area contributed by atoms with Crippen LogP contribution in [-0.2, 0) is 9.31 Å². The van der Waals surface area contributed by atoms with Gasteiger partial charge in [-0.3, -0.25) is 0 Å². The minimum absolute atomic E-state index is 0.327. The standard InChI is InChI=1S/C18H20BNO2/c1-17(2)18(3,4)22-19(21-17)13-9-7-11-15-16(13)12-8-5-6-10-14(12)20-15/h5-11,20H,1-4H3. The number of benzene rings is 2. The lowest BCUT2D eigenvalue weighted by Crippen LogP contribution is -2.41. The molecule has 2 aromatic carbocycles. The van der Waals surface area contributed by atoms with Gasteiger partial charge in [-0.2, -0.15) is 0 Å². The van der Waals surface area contributed by atoms with Gasteiger partial charge < -0.3 is 14.3 Å². The third-order valence-electron chi connectivity index (χ3n) is 5.07. The Bertz CT molecular complexity index is 850. The number of aromatic amines is 1. The second kappa shape index (κ2) is 4.37. The maximum Gasteiger partial charge on any atom is 0.495 e. The molecule has 1 N–H and O–H groups in total. The van der Waals surface area contributed by atoms with Crippen LogP contribution in [0.3, 0.4) is 0 Å². The van der Waals surface area contributed by atoms with Crippen LogP contribution in [-0.4, -0.2) is 23.3 Å². The van der Waals surface area contributed by atoms with Crippen molar-refractivity contribution in [3.05, 3.63) is 42.5 Å². The molecule has 4 rings (SSSR count). The smallest absolute Gasteiger partial charge is 0.399 e. The summed E-state index contributed by atoms with van der Waals surface area (Å²) in [7, 11) is -0.340. The Morgan fingerprint density at radius 2 is 1.45 bits per heavy atom. The molecule has 0 atom stereocenters. The van der Waals surface area contributed by atoms with Crippen molar-refractivity contribution in [2.45, 2.75) is 38.9 Å². The molecular formula is C18H20BNO2. The number of nitrogens with one attached hydrogen (secondary N) is 1. The van der Waals surface area contributed by atoms with Crippen LogP contribution < -0.4 is 5.46 Å². The van der Waals surface area contributed by atoms with E-state index < -0.39 is 0 Å². The van der Waals surface area contributed by atoms with Gasteiger partial charge >= 0.3 is 7.12 Å². The lowest BCUT2D eigenvalue weighted by molar-refractivity contribution is 0.00578. The van der Waals surface area contributed by atoms with Gasteiger partial charge in [0.05, 0.1) is 11.2 Å². The van der Waals surface area contributed by atoms with Crippen molar-refractivity contribution in [3.63, 3.8) is 0 Å². The highest BCUT2D eigenvalue weighted by atomic mass is 16.7. The lowest BCUT2D eigenvalue weighted by Gasteiger charge is -2.32. The van der Waals surface area contributed by atoms with E-state index in [-0.39, 0.29) is 18.3 Å². The first-order chi connectivity index (χ1) is 10.4. The highest BCUT2D eigenvalue weighted by Gasteiger charge is 2.52. The Morgan fingerprint density at radius 3 is 2.18 bits per heavy atom. The number of rotatable bonds is 1. The van der Waals surface area contributed by atoms with Crippen molar-refractivity contribution in [2.75, 3.05) is 0 Å². The molecule has 0 amide bonds. The number of para-hydroxylation sites is 1. The summed E-state index contributed by atoms with van der Waals surface area (Å²) in [5.74, 6) is 0. The number of H-pyrrole nitrogens is 1. The van der Waals surface area contributed by atoms with E-state index in [4.69, 9.17) is 9.31 Å². The molecule has 0 spiro atoms. The highest BCUT2D eigenvalue weighted by Crippen LogP contribution is 2.37. The van der Waals surface area contributed by atoms with E-state index in [2.05, 4.69) is 69.1 Å². The van der Waals surface area contributed by atoms with Crippen molar-refractivity contribution in [3.8, 4) is 0 Å². The molecular weight excluding hydrogens is 273 g/mol. The Balaban J connectivity index is 1.93. The SMILES string of the molecule is CC1(C)OB(c2cccc3[nH]c4ccccc4c23)OC1(C)C. The molecule has 112 valence electrons. The second-order valence-electron chi connectivity index (χ2n) is 7.03. The van der Waals surface area contributed by atoms with Crippen molar-refractivity contribution in [1.29, 1.82) is 0 Å². The Labute approximate surface area is 130 Å². The second-order valence-corrected chi connectivity index (χ2v) is 7.03. The largest absolute Gasteiger partial charge is 0.495 e. The van der Waals surface area contributed by atoms with Crippen molar-refractivity contribution in [2.24, 2.45) is 0 Å². The molecule has 3 nitrogen and oxygen atoms in total. The fourth-order valence-corrected chi connectivity index (χ4v) is 3.10. The van der Waals surface area contributed by atoms with Gasteiger partial charge in [-0.1, -0.05) is 30.3 Å². The first-order valence-electron chi connectivity index (χ1n) is 7.74. The lowest BCUT2D eigenvalue weighted by atomic mass is 9.76. The van der Waals surface area contributed by atoms with Crippen LogP contribution in [0.5, 0.6) is 0 Å². The summed E-state index contributed by atoms with van der Waals surface area (Å²) in [5, 5.41) is 2.40. The number of hydrogen-bond donors (Lipinski definition) is 1. The molecule has 0 saturated carbocycles. The van der Waals surface area contributed by atoms with Crippen LogP contribution in [0.2, 0.25) is 0 Å². The average Bonchev–Trinajstić information content (AvgIpc) is 2.93. The van der Waals surface area contributed by atoms with Gasteiger partial charge in [-0.05, 0) is 45.3 Å². The Hall–Kier alpha value is -1.78. The Kier molecular flexibility index (Phi) is 2.75. The van der Waals surface area contributed by atoms with E-state index in [1.807, 2.05) is 6.07 Å². The summed E-state index contributed by atoms with van der Waals surface area (Å²) in [6.45, 7) is 8.34. The predicted octanol–water partition coefficient (Wildman–Crippen LogP) is 3.62. The van der Waals surface area contributed by atoms with Crippen LogP contribution in [0.1, 0.15) is 27.7 Å². The maximum atomic E-state index is 6.24. The topological polar surface area (TPSA) is 34.2 Å².